The molecule has 2 rings (SSSR count). The smallest absolute Gasteiger partial charge is 0.339 e. The molecule has 5 nitrogen and oxygen atoms in total. The standard InChI is InChI=1S/C18H27NO4/c1-12-15(17(21)22)10-14(23-12)11-19(4)16(20)9-13-7-5-6-8-18(13,2)3/h10,13H,5-9,11H2,1-4H3,(H,21,22). The normalized spacial score (nSPS) is 20.3. The molecule has 0 spiro atoms. The summed E-state index contributed by atoms with van der Waals surface area (Å²) in [6, 6.07) is 1.51. The minimum atomic E-state index is -1.00. The molecule has 1 heterocycles. The van der Waals surface area contributed by atoms with Crippen LogP contribution in [0.4, 0.5) is 0 Å². The number of carbonyl (C=O) groups excluding carboxylic acids is 1. The van der Waals surface area contributed by atoms with Crippen LogP contribution in [-0.4, -0.2) is 28.9 Å². The number of nitrogens with zero attached hydrogens (tertiary/aromatic N) is 1. The van der Waals surface area contributed by atoms with Gasteiger partial charge in [0.15, 0.2) is 0 Å². The van der Waals surface area contributed by atoms with Crippen LogP contribution in [0.1, 0.15) is 67.8 Å². The van der Waals surface area contributed by atoms with Crippen molar-refractivity contribution in [2.75, 3.05) is 7.05 Å². The summed E-state index contributed by atoms with van der Waals surface area (Å²) >= 11 is 0. The average molecular weight is 321 g/mol. The van der Waals surface area contributed by atoms with E-state index in [1.807, 2.05) is 0 Å². The maximum atomic E-state index is 12.5. The zero-order valence-electron chi connectivity index (χ0n) is 14.5. The van der Waals surface area contributed by atoms with Gasteiger partial charge in [-0.05, 0) is 37.2 Å². The van der Waals surface area contributed by atoms with E-state index in [1.165, 1.54) is 25.3 Å². The Morgan fingerprint density at radius 2 is 2.09 bits per heavy atom. The first-order chi connectivity index (χ1) is 10.7. The number of hydrogen-bond acceptors (Lipinski definition) is 3. The van der Waals surface area contributed by atoms with Crippen molar-refractivity contribution in [2.45, 2.75) is 59.4 Å². The van der Waals surface area contributed by atoms with Gasteiger partial charge in [-0.2, -0.15) is 0 Å². The molecule has 1 unspecified atom stereocenters. The second kappa shape index (κ2) is 6.77. The van der Waals surface area contributed by atoms with Crippen LogP contribution in [-0.2, 0) is 11.3 Å². The highest BCUT2D eigenvalue weighted by Gasteiger charge is 2.34. The van der Waals surface area contributed by atoms with Gasteiger partial charge >= 0.3 is 5.97 Å². The Bertz CT molecular complexity index is 588. The molecule has 1 saturated carbocycles. The van der Waals surface area contributed by atoms with Crippen molar-refractivity contribution in [3.05, 3.63) is 23.2 Å². The Kier molecular flexibility index (Phi) is 5.17. The fraction of sp³-hybridized carbons (Fsp3) is 0.667. The lowest BCUT2D eigenvalue weighted by Gasteiger charge is -2.39. The van der Waals surface area contributed by atoms with Crippen LogP contribution in [0.5, 0.6) is 0 Å². The molecule has 0 aromatic carbocycles. The van der Waals surface area contributed by atoms with Crippen molar-refractivity contribution < 1.29 is 19.1 Å². The highest BCUT2D eigenvalue weighted by molar-refractivity contribution is 5.88. The zero-order valence-corrected chi connectivity index (χ0v) is 14.5. The largest absolute Gasteiger partial charge is 0.478 e. The van der Waals surface area contributed by atoms with Gasteiger partial charge in [0.1, 0.15) is 17.1 Å². The quantitative estimate of drug-likeness (QED) is 0.894. The minimum Gasteiger partial charge on any atom is -0.478 e. The lowest BCUT2D eigenvalue weighted by molar-refractivity contribution is -0.133. The number of aromatic carboxylic acids is 1. The summed E-state index contributed by atoms with van der Waals surface area (Å²) in [5, 5.41) is 9.06. The molecule has 1 aromatic rings. The molecule has 1 N–H and O–H groups in total. The number of furan rings is 1. The Hall–Kier alpha value is -1.78. The second-order valence-corrected chi connectivity index (χ2v) is 7.37. The Morgan fingerprint density at radius 3 is 2.65 bits per heavy atom. The summed E-state index contributed by atoms with van der Waals surface area (Å²) in [6.07, 6.45) is 5.28. The summed E-state index contributed by atoms with van der Waals surface area (Å²) in [4.78, 5) is 25.2. The van der Waals surface area contributed by atoms with Crippen molar-refractivity contribution in [1.82, 2.24) is 4.90 Å². The van der Waals surface area contributed by atoms with Gasteiger partial charge in [0.05, 0.1) is 6.54 Å². The highest BCUT2D eigenvalue weighted by atomic mass is 16.4. The maximum absolute atomic E-state index is 12.5. The zero-order chi connectivity index (χ0) is 17.2. The Morgan fingerprint density at radius 1 is 1.39 bits per heavy atom. The molecule has 0 radical (unpaired) electrons. The molecule has 1 atom stereocenters. The second-order valence-electron chi connectivity index (χ2n) is 7.37. The number of aryl methyl sites for hydroxylation is 1. The van der Waals surface area contributed by atoms with E-state index in [9.17, 15) is 9.59 Å². The third-order valence-electron chi connectivity index (χ3n) is 5.17. The van der Waals surface area contributed by atoms with Crippen molar-refractivity contribution in [1.29, 1.82) is 0 Å². The highest BCUT2D eigenvalue weighted by Crippen LogP contribution is 2.42. The molecule has 1 aliphatic carbocycles. The van der Waals surface area contributed by atoms with Gasteiger partial charge in [0, 0.05) is 13.5 Å². The molecule has 0 aliphatic heterocycles. The Balaban J connectivity index is 1.97. The van der Waals surface area contributed by atoms with Crippen LogP contribution < -0.4 is 0 Å². The first-order valence-corrected chi connectivity index (χ1v) is 8.27. The number of hydrogen-bond donors (Lipinski definition) is 1. The molecule has 23 heavy (non-hydrogen) atoms. The van der Waals surface area contributed by atoms with Gasteiger partial charge in [-0.15, -0.1) is 0 Å². The average Bonchev–Trinajstić information content (AvgIpc) is 2.81. The predicted octanol–water partition coefficient (Wildman–Crippen LogP) is 3.85. The van der Waals surface area contributed by atoms with E-state index >= 15 is 0 Å². The van der Waals surface area contributed by atoms with E-state index in [-0.39, 0.29) is 16.9 Å². The molecule has 1 aromatic heterocycles. The van der Waals surface area contributed by atoms with Crippen LogP contribution in [0.15, 0.2) is 10.5 Å². The van der Waals surface area contributed by atoms with Crippen molar-refractivity contribution >= 4 is 11.9 Å². The van der Waals surface area contributed by atoms with Crippen LogP contribution in [0.3, 0.4) is 0 Å². The van der Waals surface area contributed by atoms with E-state index in [1.54, 1.807) is 18.9 Å². The first-order valence-electron chi connectivity index (χ1n) is 8.27. The van der Waals surface area contributed by atoms with E-state index in [4.69, 9.17) is 9.52 Å². The molecule has 1 amide bonds. The summed E-state index contributed by atoms with van der Waals surface area (Å²) in [5.41, 5.74) is 0.376. The molecule has 128 valence electrons. The van der Waals surface area contributed by atoms with Crippen LogP contribution >= 0.6 is 0 Å². The fourth-order valence-corrected chi connectivity index (χ4v) is 3.47. The van der Waals surface area contributed by atoms with Crippen molar-refractivity contribution in [3.8, 4) is 0 Å². The third kappa shape index (κ3) is 4.15. The SMILES string of the molecule is Cc1oc(CN(C)C(=O)CC2CCCCC2(C)C)cc1C(=O)O. The van der Waals surface area contributed by atoms with Crippen molar-refractivity contribution in [3.63, 3.8) is 0 Å². The van der Waals surface area contributed by atoms with E-state index in [2.05, 4.69) is 13.8 Å². The number of carboxylic acids is 1. The van der Waals surface area contributed by atoms with Crippen LogP contribution in [0.2, 0.25) is 0 Å². The lowest BCUT2D eigenvalue weighted by Crippen LogP contribution is -2.34. The molecule has 5 heteroatoms. The van der Waals surface area contributed by atoms with Gasteiger partial charge in [0.25, 0.3) is 0 Å². The van der Waals surface area contributed by atoms with Crippen LogP contribution in [0, 0.1) is 18.3 Å². The first kappa shape index (κ1) is 17.6. The summed E-state index contributed by atoms with van der Waals surface area (Å²) in [7, 11) is 1.75. The molecule has 1 fully saturated rings. The molecule has 0 saturated heterocycles. The lowest BCUT2D eigenvalue weighted by atomic mass is 9.67. The molecular weight excluding hydrogens is 294 g/mol. The third-order valence-corrected chi connectivity index (χ3v) is 5.17. The van der Waals surface area contributed by atoms with E-state index in [0.717, 1.165) is 6.42 Å². The van der Waals surface area contributed by atoms with Gasteiger partial charge in [-0.1, -0.05) is 26.7 Å². The van der Waals surface area contributed by atoms with Gasteiger partial charge in [0.2, 0.25) is 5.91 Å². The fourth-order valence-electron chi connectivity index (χ4n) is 3.47. The summed E-state index contributed by atoms with van der Waals surface area (Å²) in [5.74, 6) is 0.394. The Labute approximate surface area is 137 Å². The monoisotopic (exact) mass is 321 g/mol. The van der Waals surface area contributed by atoms with Gasteiger partial charge < -0.3 is 14.4 Å². The summed E-state index contributed by atoms with van der Waals surface area (Å²) < 4.78 is 5.45. The maximum Gasteiger partial charge on any atom is 0.339 e. The molecule has 0 bridgehead atoms. The van der Waals surface area contributed by atoms with E-state index in [0.29, 0.717) is 30.4 Å². The van der Waals surface area contributed by atoms with Gasteiger partial charge in [-0.3, -0.25) is 4.79 Å². The molecule has 1 aliphatic rings. The predicted molar refractivity (Wildman–Crippen MR) is 87.2 cm³/mol. The van der Waals surface area contributed by atoms with Crippen LogP contribution in [0.25, 0.3) is 0 Å². The molecular formula is C18H27NO4. The van der Waals surface area contributed by atoms with Crippen molar-refractivity contribution in [2.24, 2.45) is 11.3 Å². The van der Waals surface area contributed by atoms with E-state index < -0.39 is 5.97 Å². The topological polar surface area (TPSA) is 70.8 Å². The minimum absolute atomic E-state index is 0.0934. The summed E-state index contributed by atoms with van der Waals surface area (Å²) in [6.45, 7) is 6.43. The van der Waals surface area contributed by atoms with Gasteiger partial charge in [-0.25, -0.2) is 4.79 Å². The number of rotatable bonds is 5. The number of carboxylic acid groups (broad SMARTS) is 1. The number of carbonyl (C=O) groups is 2. The number of amides is 1.